The van der Waals surface area contributed by atoms with Crippen molar-refractivity contribution in [3.63, 3.8) is 0 Å². The molecule has 0 aliphatic rings. The van der Waals surface area contributed by atoms with E-state index in [-0.39, 0.29) is 24.6 Å². The van der Waals surface area contributed by atoms with Gasteiger partial charge in [0.15, 0.2) is 0 Å². The Labute approximate surface area is 101 Å². The van der Waals surface area contributed by atoms with Crippen molar-refractivity contribution >= 4 is 11.8 Å². The van der Waals surface area contributed by atoms with E-state index in [1.54, 1.807) is 13.1 Å². The Morgan fingerprint density at radius 3 is 2.71 bits per heavy atom. The molecule has 0 aliphatic heterocycles. The molecule has 94 valence electrons. The van der Waals surface area contributed by atoms with Crippen LogP contribution < -0.4 is 0 Å². The average molecular weight is 238 g/mol. The zero-order valence-corrected chi connectivity index (χ0v) is 10.3. The number of ketones is 1. The number of hydrogen-bond donors (Lipinski definition) is 0. The monoisotopic (exact) mass is 238 g/mol. The first kappa shape index (κ1) is 13.4. The molecule has 0 spiro atoms. The third-order valence-corrected chi connectivity index (χ3v) is 2.46. The lowest BCUT2D eigenvalue weighted by molar-refractivity contribution is -0.144. The molecule has 1 aromatic rings. The van der Waals surface area contributed by atoms with Crippen LogP contribution >= 0.6 is 0 Å². The summed E-state index contributed by atoms with van der Waals surface area (Å²) in [5.74, 6) is 0.647. The van der Waals surface area contributed by atoms with Crippen LogP contribution in [0.5, 0.6) is 0 Å². The smallest absolute Gasteiger partial charge is 0.306 e. The van der Waals surface area contributed by atoms with Crippen LogP contribution in [0.4, 0.5) is 0 Å². The molecular weight excluding hydrogens is 220 g/mol. The molecule has 0 saturated carbocycles. The van der Waals surface area contributed by atoms with Gasteiger partial charge >= 0.3 is 5.97 Å². The van der Waals surface area contributed by atoms with Crippen LogP contribution in [0.25, 0.3) is 0 Å². The summed E-state index contributed by atoms with van der Waals surface area (Å²) in [5.41, 5.74) is 0. The van der Waals surface area contributed by atoms with Crippen molar-refractivity contribution in [3.8, 4) is 0 Å². The minimum atomic E-state index is -0.308. The summed E-state index contributed by atoms with van der Waals surface area (Å²) in [4.78, 5) is 26.7. The topological polar surface area (TPSA) is 61.2 Å². The fraction of sp³-hybridized carbons (Fsp3) is 0.583. The second kappa shape index (κ2) is 6.83. The standard InChI is InChI=1S/C12H18N2O3/c1-3-17-12(16)7-5-10(15)4-6-11-13-8-9-14(11)2/h8-9H,3-7H2,1-2H3. The maximum absolute atomic E-state index is 11.5. The van der Waals surface area contributed by atoms with Gasteiger partial charge in [0.05, 0.1) is 13.0 Å². The van der Waals surface area contributed by atoms with Gasteiger partial charge in [-0.3, -0.25) is 9.59 Å². The molecule has 1 rings (SSSR count). The Morgan fingerprint density at radius 1 is 1.35 bits per heavy atom. The maximum Gasteiger partial charge on any atom is 0.306 e. The number of carbonyl (C=O) groups excluding carboxylic acids is 2. The number of esters is 1. The molecule has 1 heterocycles. The highest BCUT2D eigenvalue weighted by molar-refractivity contribution is 5.82. The summed E-state index contributed by atoms with van der Waals surface area (Å²) in [6.45, 7) is 2.11. The second-order valence-electron chi connectivity index (χ2n) is 3.80. The van der Waals surface area contributed by atoms with E-state index < -0.39 is 0 Å². The molecule has 0 saturated heterocycles. The number of aromatic nitrogens is 2. The molecule has 0 bridgehead atoms. The summed E-state index contributed by atoms with van der Waals surface area (Å²) < 4.78 is 6.64. The number of carbonyl (C=O) groups is 2. The Morgan fingerprint density at radius 2 is 2.12 bits per heavy atom. The summed E-state index contributed by atoms with van der Waals surface area (Å²) >= 11 is 0. The van der Waals surface area contributed by atoms with Crippen LogP contribution in [0, 0.1) is 0 Å². The van der Waals surface area contributed by atoms with Crippen molar-refractivity contribution in [1.29, 1.82) is 0 Å². The van der Waals surface area contributed by atoms with Crippen molar-refractivity contribution in [2.75, 3.05) is 6.61 Å². The molecule has 1 aromatic heterocycles. The van der Waals surface area contributed by atoms with Crippen LogP contribution in [0.15, 0.2) is 12.4 Å². The summed E-state index contributed by atoms with van der Waals surface area (Å²) in [5, 5.41) is 0. The Kier molecular flexibility index (Phi) is 5.39. The Balaban J connectivity index is 2.22. The number of hydrogen-bond acceptors (Lipinski definition) is 4. The Bertz CT molecular complexity index is 385. The number of Topliss-reactive ketones (excluding diaryl/α,β-unsaturated/α-hetero) is 1. The molecule has 17 heavy (non-hydrogen) atoms. The molecule has 0 fully saturated rings. The van der Waals surface area contributed by atoms with Crippen LogP contribution in [0.1, 0.15) is 32.0 Å². The van der Waals surface area contributed by atoms with E-state index in [9.17, 15) is 9.59 Å². The first-order valence-corrected chi connectivity index (χ1v) is 5.77. The molecule has 5 nitrogen and oxygen atoms in total. The SMILES string of the molecule is CCOC(=O)CCC(=O)CCc1nccn1C. The van der Waals surface area contributed by atoms with Gasteiger partial charge in [0.1, 0.15) is 11.6 Å². The van der Waals surface area contributed by atoms with Crippen molar-refractivity contribution in [3.05, 3.63) is 18.2 Å². The van der Waals surface area contributed by atoms with Gasteiger partial charge in [0.25, 0.3) is 0 Å². The molecule has 0 amide bonds. The summed E-state index contributed by atoms with van der Waals surface area (Å²) in [6, 6.07) is 0. The molecule has 0 aliphatic carbocycles. The normalized spacial score (nSPS) is 10.2. The van der Waals surface area contributed by atoms with E-state index in [0.29, 0.717) is 19.4 Å². The fourth-order valence-corrected chi connectivity index (χ4v) is 1.49. The molecule has 5 heteroatoms. The van der Waals surface area contributed by atoms with E-state index >= 15 is 0 Å². The number of rotatable bonds is 7. The van der Waals surface area contributed by atoms with Crippen molar-refractivity contribution in [2.45, 2.75) is 32.6 Å². The van der Waals surface area contributed by atoms with Crippen LogP contribution in [0.3, 0.4) is 0 Å². The molecular formula is C12H18N2O3. The lowest BCUT2D eigenvalue weighted by atomic mass is 10.1. The predicted octanol–water partition coefficient (Wildman–Crippen LogP) is 1.27. The highest BCUT2D eigenvalue weighted by atomic mass is 16.5. The zero-order valence-electron chi connectivity index (χ0n) is 10.3. The summed E-state index contributed by atoms with van der Waals surface area (Å²) in [7, 11) is 1.89. The zero-order chi connectivity index (χ0) is 12.7. The van der Waals surface area contributed by atoms with E-state index in [1.165, 1.54) is 0 Å². The largest absolute Gasteiger partial charge is 0.466 e. The fourth-order valence-electron chi connectivity index (χ4n) is 1.49. The number of aryl methyl sites for hydroxylation is 2. The van der Waals surface area contributed by atoms with E-state index in [0.717, 1.165) is 5.82 Å². The highest BCUT2D eigenvalue weighted by Gasteiger charge is 2.09. The van der Waals surface area contributed by atoms with Gasteiger partial charge in [0.2, 0.25) is 0 Å². The first-order chi connectivity index (χ1) is 8.13. The maximum atomic E-state index is 11.5. The van der Waals surface area contributed by atoms with Gasteiger partial charge in [-0.15, -0.1) is 0 Å². The van der Waals surface area contributed by atoms with Gasteiger partial charge in [-0.25, -0.2) is 4.98 Å². The van der Waals surface area contributed by atoms with Crippen molar-refractivity contribution in [1.82, 2.24) is 9.55 Å². The quantitative estimate of drug-likeness (QED) is 0.671. The molecule has 0 atom stereocenters. The number of nitrogens with zero attached hydrogens (tertiary/aromatic N) is 2. The van der Waals surface area contributed by atoms with Crippen molar-refractivity contribution in [2.24, 2.45) is 7.05 Å². The first-order valence-electron chi connectivity index (χ1n) is 5.77. The van der Waals surface area contributed by atoms with E-state index in [2.05, 4.69) is 4.98 Å². The van der Waals surface area contributed by atoms with Gasteiger partial charge in [-0.05, 0) is 6.92 Å². The highest BCUT2D eigenvalue weighted by Crippen LogP contribution is 2.03. The van der Waals surface area contributed by atoms with Crippen molar-refractivity contribution < 1.29 is 14.3 Å². The molecule has 0 unspecified atom stereocenters. The molecule has 0 aromatic carbocycles. The van der Waals surface area contributed by atoms with Gasteiger partial charge in [-0.2, -0.15) is 0 Å². The second-order valence-corrected chi connectivity index (χ2v) is 3.80. The van der Waals surface area contributed by atoms with Crippen LogP contribution in [-0.4, -0.2) is 27.9 Å². The lowest BCUT2D eigenvalue weighted by Gasteiger charge is -2.02. The third-order valence-electron chi connectivity index (χ3n) is 2.46. The minimum Gasteiger partial charge on any atom is -0.466 e. The summed E-state index contributed by atoms with van der Waals surface area (Å²) in [6.07, 6.45) is 5.02. The van der Waals surface area contributed by atoms with E-state index in [1.807, 2.05) is 17.8 Å². The Hall–Kier alpha value is -1.65. The van der Waals surface area contributed by atoms with Gasteiger partial charge in [0, 0.05) is 38.7 Å². The number of ether oxygens (including phenoxy) is 1. The van der Waals surface area contributed by atoms with Crippen LogP contribution in [-0.2, 0) is 27.8 Å². The third kappa shape index (κ3) is 4.80. The predicted molar refractivity (Wildman–Crippen MR) is 62.4 cm³/mol. The number of imidazole rings is 1. The van der Waals surface area contributed by atoms with E-state index in [4.69, 9.17) is 4.74 Å². The van der Waals surface area contributed by atoms with Gasteiger partial charge in [-0.1, -0.05) is 0 Å². The molecule has 0 N–H and O–H groups in total. The molecule has 0 radical (unpaired) electrons. The lowest BCUT2D eigenvalue weighted by Crippen LogP contribution is -2.09. The minimum absolute atomic E-state index is 0.0704. The van der Waals surface area contributed by atoms with Crippen LogP contribution in [0.2, 0.25) is 0 Å². The van der Waals surface area contributed by atoms with Gasteiger partial charge < -0.3 is 9.30 Å². The average Bonchev–Trinajstić information content (AvgIpc) is 2.70.